The van der Waals surface area contributed by atoms with Crippen molar-refractivity contribution in [3.8, 4) is 17.2 Å². The first-order valence-electron chi connectivity index (χ1n) is 12.8. The molecule has 2 aliphatic rings. The maximum absolute atomic E-state index is 10.1. The standard InChI is InChI=1S/C29H39NSi/c1-2-20-31-21-15-24(16-22-31)12-17-29(23-30)18-13-28(14-19-29)27-10-8-26(9-11-27)25-6-4-3-5-7-25/h3-11,24,28,31H,2,12-22H2,1H3. The van der Waals surface area contributed by atoms with Crippen LogP contribution in [0.1, 0.15) is 76.2 Å². The fourth-order valence-electron chi connectivity index (χ4n) is 6.20. The lowest BCUT2D eigenvalue weighted by atomic mass is 9.67. The third-order valence-corrected chi connectivity index (χ3v) is 12.1. The highest BCUT2D eigenvalue weighted by atomic mass is 28.3. The molecule has 2 aromatic rings. The molecule has 1 aliphatic heterocycles. The normalized spacial score (nSPS) is 28.7. The van der Waals surface area contributed by atoms with Gasteiger partial charge >= 0.3 is 0 Å². The van der Waals surface area contributed by atoms with Crippen LogP contribution in [0.25, 0.3) is 11.1 Å². The molecule has 1 nitrogen and oxygen atoms in total. The minimum atomic E-state index is -0.381. The molecule has 0 unspecified atom stereocenters. The lowest BCUT2D eigenvalue weighted by Gasteiger charge is -2.37. The predicted molar refractivity (Wildman–Crippen MR) is 135 cm³/mol. The molecule has 0 amide bonds. The fourth-order valence-corrected chi connectivity index (χ4v) is 9.77. The van der Waals surface area contributed by atoms with Gasteiger partial charge in [-0.25, -0.2) is 0 Å². The van der Waals surface area contributed by atoms with Crippen LogP contribution < -0.4 is 0 Å². The Hall–Kier alpha value is -1.85. The Kier molecular flexibility index (Phi) is 7.67. The van der Waals surface area contributed by atoms with E-state index in [1.54, 1.807) is 18.1 Å². The molecule has 4 rings (SSSR count). The smallest absolute Gasteiger partial charge is 0.0689 e. The van der Waals surface area contributed by atoms with Gasteiger partial charge in [-0.2, -0.15) is 5.26 Å². The van der Waals surface area contributed by atoms with Crippen LogP contribution in [0.3, 0.4) is 0 Å². The number of benzene rings is 2. The first-order valence-corrected chi connectivity index (χ1v) is 15.2. The summed E-state index contributed by atoms with van der Waals surface area (Å²) in [6, 6.07) is 27.3. The van der Waals surface area contributed by atoms with Gasteiger partial charge in [0.15, 0.2) is 0 Å². The van der Waals surface area contributed by atoms with E-state index < -0.39 is 0 Å². The number of nitrogens with zero attached hydrogens (tertiary/aromatic N) is 1. The zero-order chi connectivity index (χ0) is 21.5. The minimum Gasteiger partial charge on any atom is -0.198 e. The Morgan fingerprint density at radius 2 is 1.55 bits per heavy atom. The molecule has 2 fully saturated rings. The van der Waals surface area contributed by atoms with Crippen molar-refractivity contribution in [2.75, 3.05) is 0 Å². The van der Waals surface area contributed by atoms with Crippen molar-refractivity contribution in [1.29, 1.82) is 5.26 Å². The van der Waals surface area contributed by atoms with Gasteiger partial charge in [0.1, 0.15) is 0 Å². The van der Waals surface area contributed by atoms with Crippen LogP contribution in [-0.4, -0.2) is 8.80 Å². The van der Waals surface area contributed by atoms with Gasteiger partial charge in [0.2, 0.25) is 0 Å². The monoisotopic (exact) mass is 429 g/mol. The molecule has 1 aliphatic carbocycles. The minimum absolute atomic E-state index is 0.0435. The van der Waals surface area contributed by atoms with E-state index in [2.05, 4.69) is 67.6 Å². The van der Waals surface area contributed by atoms with Crippen LogP contribution in [0, 0.1) is 22.7 Å². The van der Waals surface area contributed by atoms with E-state index in [9.17, 15) is 5.26 Å². The number of hydrogen-bond donors (Lipinski definition) is 0. The van der Waals surface area contributed by atoms with Crippen molar-refractivity contribution >= 4 is 8.80 Å². The average molecular weight is 430 g/mol. The molecule has 0 radical (unpaired) electrons. The number of nitriles is 1. The van der Waals surface area contributed by atoms with E-state index in [1.165, 1.54) is 55.2 Å². The summed E-state index contributed by atoms with van der Waals surface area (Å²) in [5, 5.41) is 10.1. The Labute approximate surface area is 191 Å². The van der Waals surface area contributed by atoms with E-state index in [4.69, 9.17) is 0 Å². The van der Waals surface area contributed by atoms with E-state index in [-0.39, 0.29) is 14.2 Å². The summed E-state index contributed by atoms with van der Waals surface area (Å²) >= 11 is 0. The van der Waals surface area contributed by atoms with Gasteiger partial charge in [-0.05, 0) is 67.1 Å². The Morgan fingerprint density at radius 3 is 2.16 bits per heavy atom. The molecule has 0 N–H and O–H groups in total. The summed E-state index contributed by atoms with van der Waals surface area (Å²) in [4.78, 5) is 0. The number of hydrogen-bond acceptors (Lipinski definition) is 1. The molecule has 1 heterocycles. The summed E-state index contributed by atoms with van der Waals surface area (Å²) in [6.45, 7) is 2.35. The molecule has 1 saturated heterocycles. The van der Waals surface area contributed by atoms with E-state index in [0.717, 1.165) is 25.2 Å². The van der Waals surface area contributed by atoms with Crippen molar-refractivity contribution in [2.24, 2.45) is 11.3 Å². The van der Waals surface area contributed by atoms with Crippen LogP contribution in [-0.2, 0) is 0 Å². The van der Waals surface area contributed by atoms with Gasteiger partial charge in [-0.1, -0.05) is 98.9 Å². The highest BCUT2D eigenvalue weighted by Gasteiger charge is 2.36. The van der Waals surface area contributed by atoms with Gasteiger partial charge in [0.25, 0.3) is 0 Å². The molecule has 0 atom stereocenters. The van der Waals surface area contributed by atoms with Gasteiger partial charge in [-0.15, -0.1) is 0 Å². The quantitative estimate of drug-likeness (QED) is 0.406. The summed E-state index contributed by atoms with van der Waals surface area (Å²) in [5.41, 5.74) is 4.00. The summed E-state index contributed by atoms with van der Waals surface area (Å²) in [5.74, 6) is 1.54. The molecule has 164 valence electrons. The van der Waals surface area contributed by atoms with Crippen molar-refractivity contribution in [1.82, 2.24) is 0 Å². The first kappa shape index (κ1) is 22.3. The summed E-state index contributed by atoms with van der Waals surface area (Å²) in [6.07, 6.45) is 11.3. The molecule has 0 aromatic heterocycles. The largest absolute Gasteiger partial charge is 0.198 e. The van der Waals surface area contributed by atoms with Gasteiger partial charge in [-0.3, -0.25) is 0 Å². The second-order valence-corrected chi connectivity index (χ2v) is 13.8. The predicted octanol–water partition coefficient (Wildman–Crippen LogP) is 8.35. The molecule has 0 bridgehead atoms. The maximum atomic E-state index is 10.1. The van der Waals surface area contributed by atoms with Crippen LogP contribution in [0.5, 0.6) is 0 Å². The zero-order valence-corrected chi connectivity index (χ0v) is 20.5. The van der Waals surface area contributed by atoms with Crippen LogP contribution in [0.4, 0.5) is 0 Å². The Balaban J connectivity index is 1.28. The zero-order valence-electron chi connectivity index (χ0n) is 19.4. The van der Waals surface area contributed by atoms with Crippen molar-refractivity contribution in [3.63, 3.8) is 0 Å². The molecule has 2 aromatic carbocycles. The third kappa shape index (κ3) is 5.69. The molecular formula is C29H39NSi. The van der Waals surface area contributed by atoms with E-state index in [0.29, 0.717) is 5.92 Å². The molecule has 2 heteroatoms. The first-order chi connectivity index (χ1) is 15.2. The summed E-state index contributed by atoms with van der Waals surface area (Å²) < 4.78 is 0. The molecular weight excluding hydrogens is 390 g/mol. The lowest BCUT2D eigenvalue weighted by Crippen LogP contribution is -2.27. The second kappa shape index (κ2) is 10.6. The van der Waals surface area contributed by atoms with Crippen LogP contribution >= 0.6 is 0 Å². The molecule has 1 saturated carbocycles. The number of rotatable bonds is 7. The highest BCUT2D eigenvalue weighted by Crippen LogP contribution is 2.47. The van der Waals surface area contributed by atoms with Gasteiger partial charge < -0.3 is 0 Å². The Morgan fingerprint density at radius 1 is 0.903 bits per heavy atom. The average Bonchev–Trinajstić information content (AvgIpc) is 2.85. The molecule has 31 heavy (non-hydrogen) atoms. The second-order valence-electron chi connectivity index (χ2n) is 10.4. The fraction of sp³-hybridized carbons (Fsp3) is 0.552. The van der Waals surface area contributed by atoms with Crippen molar-refractivity contribution in [3.05, 3.63) is 60.2 Å². The maximum Gasteiger partial charge on any atom is 0.0689 e. The molecule has 0 spiro atoms. The topological polar surface area (TPSA) is 23.8 Å². The third-order valence-electron chi connectivity index (χ3n) is 8.36. The van der Waals surface area contributed by atoms with Crippen molar-refractivity contribution in [2.45, 2.75) is 88.8 Å². The van der Waals surface area contributed by atoms with Gasteiger partial charge in [0.05, 0.1) is 11.5 Å². The Bertz CT molecular complexity index is 835. The SMILES string of the molecule is CCC[SiH]1CCC(CCC2(C#N)CCC(c3ccc(-c4ccccc4)cc3)CC2)CC1. The van der Waals surface area contributed by atoms with Gasteiger partial charge in [0, 0.05) is 8.80 Å². The van der Waals surface area contributed by atoms with E-state index >= 15 is 0 Å². The van der Waals surface area contributed by atoms with E-state index in [1.807, 2.05) is 0 Å². The van der Waals surface area contributed by atoms with Crippen molar-refractivity contribution < 1.29 is 0 Å². The van der Waals surface area contributed by atoms with Crippen LogP contribution in [0.15, 0.2) is 54.6 Å². The summed E-state index contributed by atoms with van der Waals surface area (Å²) in [7, 11) is -0.381. The lowest BCUT2D eigenvalue weighted by molar-refractivity contribution is 0.208. The van der Waals surface area contributed by atoms with Crippen LogP contribution in [0.2, 0.25) is 18.1 Å². The highest BCUT2D eigenvalue weighted by molar-refractivity contribution is 6.58.